The summed E-state index contributed by atoms with van der Waals surface area (Å²) in [5.74, 6) is -0.248. The van der Waals surface area contributed by atoms with E-state index in [4.69, 9.17) is 5.11 Å². The van der Waals surface area contributed by atoms with E-state index in [1.807, 2.05) is 0 Å². The summed E-state index contributed by atoms with van der Waals surface area (Å²) in [6.45, 7) is 0.893. The van der Waals surface area contributed by atoms with Gasteiger partial charge >= 0.3 is 0 Å². The van der Waals surface area contributed by atoms with Gasteiger partial charge in [0.15, 0.2) is 0 Å². The highest BCUT2D eigenvalue weighted by atomic mass is 16.3. The molecule has 1 aliphatic rings. The smallest absolute Gasteiger partial charge is 0.127 e. The first-order chi connectivity index (χ1) is 6.18. The summed E-state index contributed by atoms with van der Waals surface area (Å²) in [6.07, 6.45) is 0.895. The number of aromatic hydroxyl groups is 3. The second-order valence-electron chi connectivity index (χ2n) is 3.19. The third kappa shape index (κ3) is 1.29. The van der Waals surface area contributed by atoms with Gasteiger partial charge in [0.2, 0.25) is 0 Å². The topological polar surface area (TPSA) is 72.7 Å². The number of rotatable bonds is 1. The van der Waals surface area contributed by atoms with E-state index in [0.717, 1.165) is 13.0 Å². The van der Waals surface area contributed by atoms with Gasteiger partial charge in [-0.1, -0.05) is 0 Å². The highest BCUT2D eigenvalue weighted by Gasteiger charge is 2.25. The Labute approximate surface area is 75.5 Å². The Morgan fingerprint density at radius 1 is 1.15 bits per heavy atom. The van der Waals surface area contributed by atoms with Gasteiger partial charge in [-0.25, -0.2) is 0 Å². The Balaban J connectivity index is 2.43. The van der Waals surface area contributed by atoms with Crippen molar-refractivity contribution in [2.75, 3.05) is 6.54 Å². The SMILES string of the molecule is Oc1cc(O)c(C2CCN2)c(O)c1. The van der Waals surface area contributed by atoms with Crippen LogP contribution in [0.3, 0.4) is 0 Å². The van der Waals surface area contributed by atoms with Crippen LogP contribution in [0.15, 0.2) is 12.1 Å². The van der Waals surface area contributed by atoms with Crippen LogP contribution in [0.5, 0.6) is 17.2 Å². The zero-order valence-corrected chi connectivity index (χ0v) is 6.99. The number of nitrogens with one attached hydrogen (secondary N) is 1. The maximum Gasteiger partial charge on any atom is 0.127 e. The average Bonchev–Trinajstić information content (AvgIpc) is 1.92. The monoisotopic (exact) mass is 181 g/mol. The normalized spacial score (nSPS) is 21.1. The van der Waals surface area contributed by atoms with E-state index >= 15 is 0 Å². The van der Waals surface area contributed by atoms with Crippen LogP contribution in [-0.4, -0.2) is 21.9 Å². The zero-order valence-electron chi connectivity index (χ0n) is 6.99. The van der Waals surface area contributed by atoms with Gasteiger partial charge in [0, 0.05) is 18.2 Å². The summed E-state index contributed by atoms with van der Waals surface area (Å²) in [5, 5.41) is 31.0. The van der Waals surface area contributed by atoms with Gasteiger partial charge in [-0.3, -0.25) is 0 Å². The summed E-state index contributed by atoms with van der Waals surface area (Å²) in [6, 6.07) is 2.48. The second-order valence-corrected chi connectivity index (χ2v) is 3.19. The van der Waals surface area contributed by atoms with Crippen molar-refractivity contribution >= 4 is 0 Å². The molecular weight excluding hydrogens is 170 g/mol. The van der Waals surface area contributed by atoms with Gasteiger partial charge in [0.1, 0.15) is 17.2 Å². The molecule has 1 fully saturated rings. The van der Waals surface area contributed by atoms with E-state index in [9.17, 15) is 10.2 Å². The molecule has 1 saturated heterocycles. The third-order valence-electron chi connectivity index (χ3n) is 2.29. The van der Waals surface area contributed by atoms with E-state index in [0.29, 0.717) is 5.56 Å². The first-order valence-electron chi connectivity index (χ1n) is 4.16. The number of phenols is 3. The van der Waals surface area contributed by atoms with Crippen molar-refractivity contribution in [3.63, 3.8) is 0 Å². The van der Waals surface area contributed by atoms with Crippen LogP contribution in [0.4, 0.5) is 0 Å². The minimum atomic E-state index is -0.127. The van der Waals surface area contributed by atoms with Crippen LogP contribution in [0, 0.1) is 0 Å². The first kappa shape index (κ1) is 8.19. The predicted octanol–water partition coefficient (Wildman–Crippen LogP) is 0.838. The van der Waals surface area contributed by atoms with E-state index in [2.05, 4.69) is 5.32 Å². The van der Waals surface area contributed by atoms with Crippen molar-refractivity contribution in [3.8, 4) is 17.2 Å². The molecule has 2 rings (SSSR count). The largest absolute Gasteiger partial charge is 0.508 e. The molecule has 4 nitrogen and oxygen atoms in total. The van der Waals surface area contributed by atoms with Gasteiger partial charge in [0.25, 0.3) is 0 Å². The molecule has 0 amide bonds. The molecule has 1 heterocycles. The molecule has 4 heteroatoms. The summed E-state index contributed by atoms with van der Waals surface area (Å²) in [5.41, 5.74) is 0.476. The van der Waals surface area contributed by atoms with Crippen molar-refractivity contribution in [2.45, 2.75) is 12.5 Å². The van der Waals surface area contributed by atoms with Crippen LogP contribution in [-0.2, 0) is 0 Å². The molecule has 13 heavy (non-hydrogen) atoms. The third-order valence-corrected chi connectivity index (χ3v) is 2.29. The average molecular weight is 181 g/mol. The second kappa shape index (κ2) is 2.81. The minimum Gasteiger partial charge on any atom is -0.508 e. The van der Waals surface area contributed by atoms with Gasteiger partial charge in [-0.15, -0.1) is 0 Å². The van der Waals surface area contributed by atoms with Gasteiger partial charge in [-0.05, 0) is 13.0 Å². The van der Waals surface area contributed by atoms with Crippen molar-refractivity contribution in [2.24, 2.45) is 0 Å². The number of phenolic OH excluding ortho intramolecular Hbond substituents is 3. The molecule has 1 aliphatic heterocycles. The Morgan fingerprint density at radius 2 is 1.69 bits per heavy atom. The quantitative estimate of drug-likeness (QED) is 0.518. The van der Waals surface area contributed by atoms with Crippen molar-refractivity contribution < 1.29 is 15.3 Å². The maximum atomic E-state index is 9.45. The van der Waals surface area contributed by atoms with Crippen molar-refractivity contribution in [1.29, 1.82) is 0 Å². The molecule has 0 spiro atoms. The standard InChI is InChI=1S/C9H11NO3/c11-5-3-7(12)9(8(13)4-5)6-1-2-10-6/h3-4,6,10-13H,1-2H2. The van der Waals surface area contributed by atoms with E-state index in [1.165, 1.54) is 12.1 Å². The number of hydrogen-bond acceptors (Lipinski definition) is 4. The van der Waals surface area contributed by atoms with Gasteiger partial charge in [0.05, 0.1) is 5.56 Å². The van der Waals surface area contributed by atoms with E-state index in [1.54, 1.807) is 0 Å². The fourth-order valence-corrected chi connectivity index (χ4v) is 1.50. The fraction of sp³-hybridized carbons (Fsp3) is 0.333. The Kier molecular flexibility index (Phi) is 1.77. The predicted molar refractivity (Wildman–Crippen MR) is 46.8 cm³/mol. The summed E-state index contributed by atoms with van der Waals surface area (Å²) >= 11 is 0. The zero-order chi connectivity index (χ0) is 9.42. The Morgan fingerprint density at radius 3 is 2.08 bits per heavy atom. The Bertz CT molecular complexity index is 311. The van der Waals surface area contributed by atoms with Crippen molar-refractivity contribution in [1.82, 2.24) is 5.32 Å². The van der Waals surface area contributed by atoms with Gasteiger partial charge in [-0.2, -0.15) is 0 Å². The highest BCUT2D eigenvalue weighted by Crippen LogP contribution is 2.39. The molecular formula is C9H11NO3. The van der Waals surface area contributed by atoms with Crippen molar-refractivity contribution in [3.05, 3.63) is 17.7 Å². The number of benzene rings is 1. The molecule has 0 radical (unpaired) electrons. The van der Waals surface area contributed by atoms with E-state index < -0.39 is 0 Å². The summed E-state index contributed by atoms with van der Waals surface area (Å²) in [4.78, 5) is 0. The highest BCUT2D eigenvalue weighted by molar-refractivity contribution is 5.50. The lowest BCUT2D eigenvalue weighted by Gasteiger charge is -2.29. The lowest BCUT2D eigenvalue weighted by molar-refractivity contribution is 0.343. The molecule has 4 N–H and O–H groups in total. The molecule has 1 aromatic carbocycles. The first-order valence-corrected chi connectivity index (χ1v) is 4.16. The molecule has 1 unspecified atom stereocenters. The molecule has 70 valence electrons. The molecule has 1 aromatic rings. The van der Waals surface area contributed by atoms with Crippen LogP contribution in [0.25, 0.3) is 0 Å². The lowest BCUT2D eigenvalue weighted by Crippen LogP contribution is -2.34. The molecule has 0 aliphatic carbocycles. The van der Waals surface area contributed by atoms with Crippen LogP contribution < -0.4 is 5.32 Å². The van der Waals surface area contributed by atoms with Crippen LogP contribution in [0.1, 0.15) is 18.0 Å². The Hall–Kier alpha value is -1.42. The maximum absolute atomic E-state index is 9.45. The molecule has 0 saturated carbocycles. The summed E-state index contributed by atoms with van der Waals surface area (Å²) in [7, 11) is 0. The number of hydrogen-bond donors (Lipinski definition) is 4. The fourth-order valence-electron chi connectivity index (χ4n) is 1.50. The molecule has 0 aromatic heterocycles. The lowest BCUT2D eigenvalue weighted by atomic mass is 9.96. The van der Waals surface area contributed by atoms with Crippen LogP contribution in [0.2, 0.25) is 0 Å². The van der Waals surface area contributed by atoms with Gasteiger partial charge < -0.3 is 20.6 Å². The summed E-state index contributed by atoms with van der Waals surface area (Å²) < 4.78 is 0. The molecule has 1 atom stereocenters. The van der Waals surface area contributed by atoms with E-state index in [-0.39, 0.29) is 23.3 Å². The minimum absolute atomic E-state index is 0.0144. The molecule has 0 bridgehead atoms. The van der Waals surface area contributed by atoms with Crippen LogP contribution >= 0.6 is 0 Å².